The fourth-order valence-corrected chi connectivity index (χ4v) is 6.88. The molecule has 1 aliphatic heterocycles. The molecule has 1 aromatic rings. The summed E-state index contributed by atoms with van der Waals surface area (Å²) in [6.07, 6.45) is 4.40. The minimum absolute atomic E-state index is 0.155. The second-order valence-electron chi connectivity index (χ2n) is 15.7. The number of esters is 1. The van der Waals surface area contributed by atoms with Crippen molar-refractivity contribution in [3.8, 4) is 0 Å². The number of unbranched alkanes of at least 4 members (excludes halogenated alkanes) is 5. The first kappa shape index (κ1) is 52.2. The normalized spacial score (nSPS) is 23.7. The first-order valence-corrected chi connectivity index (χ1v) is 21.3. The lowest BCUT2D eigenvalue weighted by Crippen LogP contribution is -2.59. The molecule has 0 aliphatic carbocycles. The van der Waals surface area contributed by atoms with Gasteiger partial charge in [0.05, 0.1) is 31.2 Å². The number of aliphatic hydroxyl groups is 4. The number of rotatable bonds is 22. The van der Waals surface area contributed by atoms with Crippen LogP contribution in [0.15, 0.2) is 42.5 Å². The van der Waals surface area contributed by atoms with Crippen LogP contribution in [0.5, 0.6) is 0 Å². The SMILES string of the molecule is CC=CCCCCCCCC(C)C1OC(=O)CC(c2ccccc2)NC(=O)C(CCC(N)=O)NC(=O)C(CCC(=O)NC(C)C(O)CCCO)NC(=O)C(CO)NC(=O)C1O. The fourth-order valence-electron chi connectivity index (χ4n) is 6.88. The molecule has 342 valence electrons. The molecule has 1 heterocycles. The number of carbonyl (C=O) groups excluding carboxylic acids is 7. The summed E-state index contributed by atoms with van der Waals surface area (Å²) in [5, 5.41) is 53.6. The average Bonchev–Trinajstić information content (AvgIpc) is 3.23. The van der Waals surface area contributed by atoms with Gasteiger partial charge in [0.25, 0.3) is 5.91 Å². The predicted molar refractivity (Wildman–Crippen MR) is 225 cm³/mol. The van der Waals surface area contributed by atoms with E-state index in [0.29, 0.717) is 24.8 Å². The topological polar surface area (TPSA) is 296 Å². The average molecular weight is 861 g/mol. The van der Waals surface area contributed by atoms with Crippen LogP contribution in [-0.4, -0.2) is 118 Å². The number of primary amides is 1. The number of carbonyl (C=O) groups is 7. The first-order valence-electron chi connectivity index (χ1n) is 21.3. The Hall–Kier alpha value is -4.91. The molecule has 0 radical (unpaired) electrons. The lowest BCUT2D eigenvalue weighted by atomic mass is 9.92. The number of amides is 6. The Labute approximate surface area is 358 Å². The van der Waals surface area contributed by atoms with Crippen LogP contribution in [0.1, 0.15) is 122 Å². The van der Waals surface area contributed by atoms with Gasteiger partial charge in [0.15, 0.2) is 6.10 Å². The van der Waals surface area contributed by atoms with E-state index in [0.717, 1.165) is 32.1 Å². The Morgan fingerprint density at radius 2 is 1.41 bits per heavy atom. The van der Waals surface area contributed by atoms with E-state index in [1.165, 1.54) is 0 Å². The second-order valence-corrected chi connectivity index (χ2v) is 15.7. The van der Waals surface area contributed by atoms with Crippen LogP contribution in [-0.2, 0) is 38.3 Å². The van der Waals surface area contributed by atoms with Crippen molar-refractivity contribution in [2.75, 3.05) is 13.2 Å². The molecule has 18 heteroatoms. The van der Waals surface area contributed by atoms with Crippen LogP contribution >= 0.6 is 0 Å². The Balaban J connectivity index is 2.51. The van der Waals surface area contributed by atoms with Crippen LogP contribution in [0.2, 0.25) is 0 Å². The van der Waals surface area contributed by atoms with Crippen molar-refractivity contribution < 1.29 is 58.7 Å². The Kier molecular flexibility index (Phi) is 24.5. The number of nitrogens with one attached hydrogen (secondary N) is 5. The van der Waals surface area contributed by atoms with Crippen molar-refractivity contribution >= 4 is 41.4 Å². The summed E-state index contributed by atoms with van der Waals surface area (Å²) in [7, 11) is 0. The molecule has 0 bridgehead atoms. The Morgan fingerprint density at radius 1 is 0.820 bits per heavy atom. The van der Waals surface area contributed by atoms with Crippen molar-refractivity contribution in [1.29, 1.82) is 0 Å². The molecule has 61 heavy (non-hydrogen) atoms. The molecular formula is C43H68N6O12. The van der Waals surface area contributed by atoms with E-state index >= 15 is 0 Å². The third-order valence-corrected chi connectivity index (χ3v) is 10.6. The lowest BCUT2D eigenvalue weighted by molar-refractivity contribution is -0.164. The summed E-state index contributed by atoms with van der Waals surface area (Å²) < 4.78 is 5.81. The number of benzene rings is 1. The minimum atomic E-state index is -2.00. The monoisotopic (exact) mass is 860 g/mol. The molecule has 1 aliphatic rings. The molecule has 6 amide bonds. The van der Waals surface area contributed by atoms with Gasteiger partial charge in [-0.1, -0.05) is 75.1 Å². The van der Waals surface area contributed by atoms with E-state index in [2.05, 4.69) is 32.7 Å². The van der Waals surface area contributed by atoms with Crippen molar-refractivity contribution in [2.45, 2.75) is 159 Å². The summed E-state index contributed by atoms with van der Waals surface area (Å²) in [6, 6.07) is 1.86. The van der Waals surface area contributed by atoms with Gasteiger partial charge in [0, 0.05) is 19.4 Å². The number of nitrogens with two attached hydrogens (primary N) is 1. The number of hydrogen-bond acceptors (Lipinski definition) is 12. The minimum Gasteiger partial charge on any atom is -0.459 e. The quantitative estimate of drug-likeness (QED) is 0.0436. The number of hydrogen-bond donors (Lipinski definition) is 10. The summed E-state index contributed by atoms with van der Waals surface area (Å²) in [4.78, 5) is 93.6. The summed E-state index contributed by atoms with van der Waals surface area (Å²) >= 11 is 0. The van der Waals surface area contributed by atoms with Crippen molar-refractivity contribution in [3.63, 3.8) is 0 Å². The molecule has 11 N–H and O–H groups in total. The molecular weight excluding hydrogens is 793 g/mol. The maximum atomic E-state index is 14.0. The van der Waals surface area contributed by atoms with Gasteiger partial charge in [-0.25, -0.2) is 0 Å². The molecule has 2 rings (SSSR count). The highest BCUT2D eigenvalue weighted by molar-refractivity contribution is 5.95. The number of aliphatic hydroxyl groups excluding tert-OH is 4. The predicted octanol–water partition coefficient (Wildman–Crippen LogP) is 0.594. The van der Waals surface area contributed by atoms with Crippen molar-refractivity contribution in [2.24, 2.45) is 11.7 Å². The molecule has 1 aromatic carbocycles. The van der Waals surface area contributed by atoms with Gasteiger partial charge in [-0.15, -0.1) is 0 Å². The second kappa shape index (κ2) is 28.6. The van der Waals surface area contributed by atoms with E-state index in [4.69, 9.17) is 15.6 Å². The zero-order valence-corrected chi connectivity index (χ0v) is 35.7. The highest BCUT2D eigenvalue weighted by Gasteiger charge is 2.38. The molecule has 0 saturated carbocycles. The standard InChI is InChI=1S/C43H68N6O12/c1-4-5-6-7-8-9-10-12-16-27(2)39-38(56)43(60)49-33(26-51)42(59)47-31(21-23-36(54)45-28(3)34(52)19-15-24-50)40(57)46-30(20-22-35(44)53)41(58)48-32(25-37(55)61-39)29-17-13-11-14-18-29/h4-5,11,13-14,17-18,27-28,30-34,38-39,50-52,56H,6-10,12,15-16,19-26H2,1-3H3,(H2,44,53)(H,45,54)(H,46,57)(H,47,59)(H,48,58)(H,49,60). The number of cyclic esters (lactones) is 1. The maximum absolute atomic E-state index is 14.0. The fraction of sp³-hybridized carbons (Fsp3) is 0.651. The highest BCUT2D eigenvalue weighted by atomic mass is 16.6. The van der Waals surface area contributed by atoms with Crippen LogP contribution in [0.3, 0.4) is 0 Å². The molecule has 0 aromatic heterocycles. The van der Waals surface area contributed by atoms with E-state index in [1.807, 2.05) is 13.0 Å². The number of ether oxygens (including phenoxy) is 1. The first-order chi connectivity index (χ1) is 29.1. The van der Waals surface area contributed by atoms with Crippen LogP contribution in [0, 0.1) is 5.92 Å². The van der Waals surface area contributed by atoms with E-state index in [-0.39, 0.29) is 38.7 Å². The molecule has 1 fully saturated rings. The molecule has 1 saturated heterocycles. The van der Waals surface area contributed by atoms with Gasteiger partial charge in [-0.05, 0) is 70.3 Å². The van der Waals surface area contributed by atoms with Gasteiger partial charge in [-0.3, -0.25) is 33.6 Å². The Bertz CT molecular complexity index is 1580. The van der Waals surface area contributed by atoms with Crippen molar-refractivity contribution in [3.05, 3.63) is 48.0 Å². The summed E-state index contributed by atoms with van der Waals surface area (Å²) in [5.74, 6) is -6.86. The largest absolute Gasteiger partial charge is 0.459 e. The van der Waals surface area contributed by atoms with Crippen LogP contribution in [0.25, 0.3) is 0 Å². The van der Waals surface area contributed by atoms with Crippen molar-refractivity contribution in [1.82, 2.24) is 26.6 Å². The summed E-state index contributed by atoms with van der Waals surface area (Å²) in [6.45, 7) is 4.10. The third-order valence-electron chi connectivity index (χ3n) is 10.6. The van der Waals surface area contributed by atoms with Crippen LogP contribution < -0.4 is 32.3 Å². The zero-order valence-electron chi connectivity index (χ0n) is 35.7. The molecule has 18 nitrogen and oxygen atoms in total. The lowest BCUT2D eigenvalue weighted by Gasteiger charge is -2.30. The van der Waals surface area contributed by atoms with Crippen LogP contribution in [0.4, 0.5) is 0 Å². The number of allylic oxidation sites excluding steroid dienone is 2. The Morgan fingerprint density at radius 3 is 2.03 bits per heavy atom. The molecule has 0 spiro atoms. The smallest absolute Gasteiger partial charge is 0.308 e. The van der Waals surface area contributed by atoms with E-state index < -0.39 is 109 Å². The van der Waals surface area contributed by atoms with Gasteiger partial charge >= 0.3 is 5.97 Å². The zero-order chi connectivity index (χ0) is 45.3. The molecule has 9 unspecified atom stereocenters. The van der Waals surface area contributed by atoms with Gasteiger partial charge < -0.3 is 57.5 Å². The van der Waals surface area contributed by atoms with Gasteiger partial charge in [-0.2, -0.15) is 0 Å². The third kappa shape index (κ3) is 19.6. The van der Waals surface area contributed by atoms with E-state index in [1.54, 1.807) is 44.2 Å². The molecule has 9 atom stereocenters. The van der Waals surface area contributed by atoms with Gasteiger partial charge in [0.1, 0.15) is 24.2 Å². The van der Waals surface area contributed by atoms with Gasteiger partial charge in [0.2, 0.25) is 29.5 Å². The van der Waals surface area contributed by atoms with E-state index in [9.17, 15) is 48.9 Å². The highest BCUT2D eigenvalue weighted by Crippen LogP contribution is 2.24. The summed E-state index contributed by atoms with van der Waals surface area (Å²) in [5.41, 5.74) is 5.87. The maximum Gasteiger partial charge on any atom is 0.308 e.